The molecule has 2 aromatic rings. The number of nitrogen functional groups attached to an aromatic ring is 1. The van der Waals surface area contributed by atoms with Crippen LogP contribution in [0.4, 0.5) is 4.39 Å². The topological polar surface area (TPSA) is 77.0 Å². The quantitative estimate of drug-likeness (QED) is 0.495. The first-order chi connectivity index (χ1) is 15.6. The molecule has 1 aromatic heterocycles. The summed E-state index contributed by atoms with van der Waals surface area (Å²) in [5.41, 5.74) is 0.675. The van der Waals surface area contributed by atoms with E-state index < -0.39 is 0 Å². The number of nitrogens with zero attached hydrogens (tertiary/aromatic N) is 4. The van der Waals surface area contributed by atoms with Crippen molar-refractivity contribution in [1.82, 2.24) is 19.8 Å². The molecule has 0 saturated heterocycles. The van der Waals surface area contributed by atoms with Crippen molar-refractivity contribution < 1.29 is 9.18 Å². The van der Waals surface area contributed by atoms with Crippen molar-refractivity contribution in [3.8, 4) is 0 Å². The first-order valence-corrected chi connectivity index (χ1v) is 13.0. The molecule has 4 saturated carbocycles. The molecule has 1 aromatic carbocycles. The number of carbonyl (C=O) groups is 1. The predicted octanol–water partition coefficient (Wildman–Crippen LogP) is 4.52. The van der Waals surface area contributed by atoms with E-state index in [0.717, 1.165) is 42.6 Å². The van der Waals surface area contributed by atoms with E-state index in [4.69, 9.17) is 5.84 Å². The van der Waals surface area contributed by atoms with E-state index in [1.54, 1.807) is 12.1 Å². The highest BCUT2D eigenvalue weighted by Crippen LogP contribution is 2.58. The molecule has 0 radical (unpaired) electrons. The number of hydrogen-bond donors (Lipinski definition) is 1. The molecule has 6 rings (SSSR count). The van der Waals surface area contributed by atoms with Crippen molar-refractivity contribution in [2.75, 3.05) is 11.6 Å². The minimum absolute atomic E-state index is 0.0757. The highest BCUT2D eigenvalue weighted by Gasteiger charge is 2.54. The number of nitrogens with two attached hydrogens (primary N) is 1. The van der Waals surface area contributed by atoms with Crippen LogP contribution in [0.1, 0.15) is 70.7 Å². The molecule has 2 N–H and O–H groups in total. The smallest absolute Gasteiger partial charge is 0.233 e. The van der Waals surface area contributed by atoms with Gasteiger partial charge < -0.3 is 10.7 Å². The molecule has 1 amide bonds. The molecule has 6 nitrogen and oxygen atoms in total. The second-order valence-electron chi connectivity index (χ2n) is 11.5. The van der Waals surface area contributed by atoms with Gasteiger partial charge in [-0.3, -0.25) is 4.79 Å². The van der Waals surface area contributed by atoms with Gasteiger partial charge in [-0.25, -0.2) is 9.07 Å². The number of rotatable bonds is 6. The van der Waals surface area contributed by atoms with Gasteiger partial charge in [0.25, 0.3) is 0 Å². The van der Waals surface area contributed by atoms with Gasteiger partial charge in [-0.2, -0.15) is 0 Å². The van der Waals surface area contributed by atoms with Gasteiger partial charge >= 0.3 is 0 Å². The summed E-state index contributed by atoms with van der Waals surface area (Å²) in [5, 5.41) is 9.04. The first-order valence-electron chi connectivity index (χ1n) is 12.0. The lowest BCUT2D eigenvalue weighted by Crippen LogP contribution is -2.61. The zero-order chi connectivity index (χ0) is 23.4. The van der Waals surface area contributed by atoms with Gasteiger partial charge in [-0.05, 0) is 74.0 Å². The number of amides is 1. The SMILES string of the molecule is CC(C)(C)c1nnc(SCC(=O)N(Cc2ccc(F)cc2)C23CC4CC(CC(C4)C2)C3)n1N. The monoisotopic (exact) mass is 471 g/mol. The molecular weight excluding hydrogens is 437 g/mol. The molecule has 4 aliphatic carbocycles. The van der Waals surface area contributed by atoms with E-state index in [0.29, 0.717) is 17.5 Å². The fraction of sp³-hybridized carbons (Fsp3) is 0.640. The maximum absolute atomic E-state index is 13.8. The third kappa shape index (κ3) is 4.38. The second-order valence-corrected chi connectivity index (χ2v) is 12.4. The van der Waals surface area contributed by atoms with E-state index in [2.05, 4.69) is 15.1 Å². The zero-order valence-corrected chi connectivity index (χ0v) is 20.6. The Bertz CT molecular complexity index is 993. The average molecular weight is 472 g/mol. The number of thioether (sulfide) groups is 1. The summed E-state index contributed by atoms with van der Waals surface area (Å²) in [6.45, 7) is 6.64. The lowest BCUT2D eigenvalue weighted by molar-refractivity contribution is -0.149. The molecule has 4 aliphatic rings. The van der Waals surface area contributed by atoms with Gasteiger partial charge in [0.15, 0.2) is 5.82 Å². The molecule has 4 fully saturated rings. The largest absolute Gasteiger partial charge is 0.336 e. The summed E-state index contributed by atoms with van der Waals surface area (Å²) >= 11 is 1.35. The van der Waals surface area contributed by atoms with Gasteiger partial charge in [0.05, 0.1) is 5.75 Å². The highest BCUT2D eigenvalue weighted by molar-refractivity contribution is 7.99. The Labute approximate surface area is 199 Å². The summed E-state index contributed by atoms with van der Waals surface area (Å²) in [7, 11) is 0. The highest BCUT2D eigenvalue weighted by atomic mass is 32.2. The van der Waals surface area contributed by atoms with Gasteiger partial charge in [0.1, 0.15) is 5.82 Å². The predicted molar refractivity (Wildman–Crippen MR) is 127 cm³/mol. The lowest BCUT2D eigenvalue weighted by Gasteiger charge is -2.60. The Kier molecular flexibility index (Phi) is 5.70. The minimum atomic E-state index is -0.251. The third-order valence-corrected chi connectivity index (χ3v) is 8.72. The van der Waals surface area contributed by atoms with Crippen LogP contribution in [0.15, 0.2) is 29.4 Å². The summed E-state index contributed by atoms with van der Waals surface area (Å²) in [6, 6.07) is 6.57. The standard InChI is InChI=1S/C25H34FN5OS/c1-24(2,3)22-28-29-23(31(22)27)33-15-21(32)30(14-16-4-6-20(26)7-5-16)25-11-17-8-18(12-25)10-19(9-17)13-25/h4-7,17-19H,8-15,27H2,1-3H3. The van der Waals surface area contributed by atoms with E-state index in [-0.39, 0.29) is 28.4 Å². The van der Waals surface area contributed by atoms with Crippen LogP contribution in [0.2, 0.25) is 0 Å². The van der Waals surface area contributed by atoms with Crippen LogP contribution in [0, 0.1) is 23.6 Å². The van der Waals surface area contributed by atoms with Crippen molar-refractivity contribution in [2.45, 2.75) is 82.0 Å². The van der Waals surface area contributed by atoms with Crippen LogP contribution in [0.3, 0.4) is 0 Å². The van der Waals surface area contributed by atoms with Crippen LogP contribution < -0.4 is 5.84 Å². The van der Waals surface area contributed by atoms with Gasteiger partial charge in [-0.15, -0.1) is 10.2 Å². The van der Waals surface area contributed by atoms with Crippen molar-refractivity contribution in [1.29, 1.82) is 0 Å². The van der Waals surface area contributed by atoms with Crippen LogP contribution in [-0.4, -0.2) is 37.0 Å². The molecule has 0 aliphatic heterocycles. The fourth-order valence-electron chi connectivity index (χ4n) is 6.78. The van der Waals surface area contributed by atoms with Gasteiger partial charge in [0.2, 0.25) is 11.1 Å². The van der Waals surface area contributed by atoms with E-state index in [9.17, 15) is 9.18 Å². The lowest BCUT2D eigenvalue weighted by atomic mass is 9.52. The molecule has 0 unspecified atom stereocenters. The molecule has 4 bridgehead atoms. The Balaban J connectivity index is 1.38. The van der Waals surface area contributed by atoms with Crippen molar-refractivity contribution >= 4 is 17.7 Å². The van der Waals surface area contributed by atoms with Crippen molar-refractivity contribution in [3.05, 3.63) is 41.5 Å². The molecule has 33 heavy (non-hydrogen) atoms. The van der Waals surface area contributed by atoms with Crippen molar-refractivity contribution in [3.63, 3.8) is 0 Å². The number of halogens is 1. The van der Waals surface area contributed by atoms with Crippen molar-refractivity contribution in [2.24, 2.45) is 17.8 Å². The average Bonchev–Trinajstić information content (AvgIpc) is 3.11. The van der Waals surface area contributed by atoms with Crippen LogP contribution in [0.5, 0.6) is 0 Å². The second kappa shape index (κ2) is 8.29. The third-order valence-electron chi connectivity index (χ3n) is 7.79. The van der Waals surface area contributed by atoms with Gasteiger partial charge in [-0.1, -0.05) is 44.7 Å². The van der Waals surface area contributed by atoms with Crippen LogP contribution in [0.25, 0.3) is 0 Å². The fourth-order valence-corrected chi connectivity index (χ4v) is 7.51. The first kappa shape index (κ1) is 22.7. The molecular formula is C25H34FN5OS. The Morgan fingerprint density at radius 1 is 1.12 bits per heavy atom. The zero-order valence-electron chi connectivity index (χ0n) is 19.8. The maximum Gasteiger partial charge on any atom is 0.233 e. The molecule has 0 atom stereocenters. The van der Waals surface area contributed by atoms with Crippen LogP contribution in [-0.2, 0) is 16.8 Å². The summed E-state index contributed by atoms with van der Waals surface area (Å²) in [6.07, 6.45) is 7.24. The minimum Gasteiger partial charge on any atom is -0.336 e. The normalized spacial score (nSPS) is 28.3. The Hall–Kier alpha value is -2.09. The summed E-state index contributed by atoms with van der Waals surface area (Å²) in [5.74, 6) is 9.25. The number of aromatic nitrogens is 3. The van der Waals surface area contributed by atoms with E-state index in [1.807, 2.05) is 20.8 Å². The van der Waals surface area contributed by atoms with E-state index >= 15 is 0 Å². The van der Waals surface area contributed by atoms with Gasteiger partial charge in [0, 0.05) is 17.5 Å². The summed E-state index contributed by atoms with van der Waals surface area (Å²) < 4.78 is 15.0. The molecule has 1 heterocycles. The molecule has 178 valence electrons. The van der Waals surface area contributed by atoms with Crippen LogP contribution >= 0.6 is 11.8 Å². The molecule has 0 spiro atoms. The number of hydrogen-bond acceptors (Lipinski definition) is 5. The Morgan fingerprint density at radius 3 is 2.21 bits per heavy atom. The Morgan fingerprint density at radius 2 is 1.70 bits per heavy atom. The number of benzene rings is 1. The molecule has 8 heteroatoms. The maximum atomic E-state index is 13.8. The van der Waals surface area contributed by atoms with E-state index in [1.165, 1.54) is 47.8 Å². The number of carbonyl (C=O) groups excluding carboxylic acids is 1. The summed E-state index contributed by atoms with van der Waals surface area (Å²) in [4.78, 5) is 15.9.